The zero-order valence-electron chi connectivity index (χ0n) is 31.6. The molecule has 0 aliphatic carbocycles. The van der Waals surface area contributed by atoms with Gasteiger partial charge in [-0.2, -0.15) is 8.42 Å². The van der Waals surface area contributed by atoms with Crippen LogP contribution in [0, 0.1) is 0 Å². The minimum absolute atomic E-state index is 0.0753. The van der Waals surface area contributed by atoms with Crippen molar-refractivity contribution >= 4 is 34.0 Å². The first-order valence-electron chi connectivity index (χ1n) is 17.4. The summed E-state index contributed by atoms with van der Waals surface area (Å²) in [4.78, 5) is -0.141. The van der Waals surface area contributed by atoms with Crippen molar-refractivity contribution in [3.8, 4) is 45.3 Å². The largest absolute Gasteiger partial charge is 0.496 e. The molecule has 0 amide bonds. The molecule has 0 aromatic heterocycles. The zero-order valence-corrected chi connectivity index (χ0v) is 33.4. The molecule has 0 saturated carbocycles. The van der Waals surface area contributed by atoms with Crippen molar-refractivity contribution in [1.82, 2.24) is 0 Å². The predicted molar refractivity (Wildman–Crippen MR) is 214 cm³/mol. The summed E-state index contributed by atoms with van der Waals surface area (Å²) in [6.07, 6.45) is 0. The van der Waals surface area contributed by atoms with Crippen LogP contribution in [0.25, 0.3) is 22.3 Å². The smallest absolute Gasteiger partial charge is 0.295 e. The fourth-order valence-electron chi connectivity index (χ4n) is 6.81. The molecule has 0 radical (unpaired) electrons. The first kappa shape index (κ1) is 38.9. The van der Waals surface area contributed by atoms with Crippen molar-refractivity contribution in [3.63, 3.8) is 0 Å². The lowest BCUT2D eigenvalue weighted by Gasteiger charge is -2.33. The number of rotatable bonds is 13. The van der Waals surface area contributed by atoms with E-state index in [1.807, 2.05) is 66.7 Å². The molecule has 0 bridgehead atoms. The molecule has 5 aromatic carbocycles. The van der Waals surface area contributed by atoms with Gasteiger partial charge in [0.05, 0.1) is 39.6 Å². The first-order valence-corrected chi connectivity index (χ1v) is 20.2. The van der Waals surface area contributed by atoms with E-state index in [1.165, 1.54) is 11.6 Å². The third-order valence-corrected chi connectivity index (χ3v) is 13.2. The highest BCUT2D eigenvalue weighted by Gasteiger charge is 2.35. The second-order valence-corrected chi connectivity index (χ2v) is 17.0. The Morgan fingerprint density at radius 2 is 0.942 bits per heavy atom. The maximum Gasteiger partial charge on any atom is 0.295 e. The van der Waals surface area contributed by atoms with Gasteiger partial charge in [0.1, 0.15) is 27.9 Å². The van der Waals surface area contributed by atoms with Gasteiger partial charge in [0.15, 0.2) is 0 Å². The lowest BCUT2D eigenvalue weighted by Crippen LogP contribution is -2.32. The number of benzene rings is 5. The Labute approximate surface area is 310 Å². The van der Waals surface area contributed by atoms with Gasteiger partial charge in [0, 0.05) is 10.6 Å². The quantitative estimate of drug-likeness (QED) is 0.0950. The average molecular weight is 741 g/mol. The summed E-state index contributed by atoms with van der Waals surface area (Å²) in [7, 11) is 0.0394. The van der Waals surface area contributed by atoms with Crippen LogP contribution in [0.15, 0.2) is 95.9 Å². The molecule has 0 aliphatic heterocycles. The second-order valence-electron chi connectivity index (χ2n) is 13.6. The van der Waals surface area contributed by atoms with Crippen molar-refractivity contribution in [3.05, 3.63) is 108 Å². The predicted octanol–water partition coefficient (Wildman–Crippen LogP) is 9.43. The van der Waals surface area contributed by atoms with E-state index in [-0.39, 0.29) is 22.6 Å². The molecule has 0 aliphatic rings. The molecule has 5 rings (SSSR count). The summed E-state index contributed by atoms with van der Waals surface area (Å²) in [5.74, 6) is 2.77. The van der Waals surface area contributed by atoms with Gasteiger partial charge >= 0.3 is 0 Å². The van der Waals surface area contributed by atoms with Crippen LogP contribution in [0.1, 0.15) is 76.0 Å². The van der Waals surface area contributed by atoms with Crippen LogP contribution >= 0.6 is 7.92 Å². The molecule has 1 atom stereocenters. The highest BCUT2D eigenvalue weighted by molar-refractivity contribution is 7.88. The van der Waals surface area contributed by atoms with Crippen LogP contribution in [0.4, 0.5) is 0 Å². The molecule has 1 unspecified atom stereocenters. The van der Waals surface area contributed by atoms with Gasteiger partial charge in [-0.3, -0.25) is 4.55 Å². The molecule has 9 heteroatoms. The molecular weight excluding hydrogens is 692 g/mol. The molecule has 0 heterocycles. The third kappa shape index (κ3) is 7.43. The van der Waals surface area contributed by atoms with Crippen molar-refractivity contribution in [2.45, 2.75) is 64.2 Å². The first-order chi connectivity index (χ1) is 24.8. The Hall–Kier alpha value is -4.36. The summed E-state index contributed by atoms with van der Waals surface area (Å²) >= 11 is 0. The number of hydrogen-bond donors (Lipinski definition) is 1. The molecule has 0 spiro atoms. The van der Waals surface area contributed by atoms with E-state index in [4.69, 9.17) is 18.9 Å². The topological polar surface area (TPSA) is 91.3 Å². The van der Waals surface area contributed by atoms with E-state index in [1.54, 1.807) is 34.5 Å². The van der Waals surface area contributed by atoms with Crippen LogP contribution in [0.5, 0.6) is 23.0 Å². The average Bonchev–Trinajstić information content (AvgIpc) is 3.13. The molecule has 7 nitrogen and oxygen atoms in total. The second kappa shape index (κ2) is 16.1. The summed E-state index contributed by atoms with van der Waals surface area (Å²) in [5, 5.41) is 2.37. The van der Waals surface area contributed by atoms with Crippen LogP contribution in [-0.4, -0.2) is 41.4 Å². The van der Waals surface area contributed by atoms with E-state index in [0.29, 0.717) is 39.4 Å². The standard InChI is InChI=1S/C43H49O7PS/c1-26(2)29-24-32(27(3)4)43(33(25-29)28(5)6)51(38-22-11-12-23-39(38)52(44,45)46)42-30(40-34(47-7)18-14-19-35(40)48-8)16-13-17-31(42)41-36(49-9)20-15-21-37(41)50-10/h11-28H,1-10H3,(H,44,45,46). The monoisotopic (exact) mass is 740 g/mol. The van der Waals surface area contributed by atoms with E-state index in [0.717, 1.165) is 32.9 Å². The maximum atomic E-state index is 13.4. The Bertz CT molecular complexity index is 2030. The Morgan fingerprint density at radius 1 is 0.538 bits per heavy atom. The molecule has 0 saturated heterocycles. The van der Waals surface area contributed by atoms with Gasteiger partial charge < -0.3 is 18.9 Å². The number of ether oxygens (including phenoxy) is 4. The molecule has 1 N–H and O–H groups in total. The van der Waals surface area contributed by atoms with Crippen LogP contribution in [0.2, 0.25) is 0 Å². The lowest BCUT2D eigenvalue weighted by molar-refractivity contribution is 0.397. The number of methoxy groups -OCH3 is 4. The highest BCUT2D eigenvalue weighted by atomic mass is 32.2. The van der Waals surface area contributed by atoms with Crippen molar-refractivity contribution in [1.29, 1.82) is 0 Å². The van der Waals surface area contributed by atoms with Gasteiger partial charge in [-0.15, -0.1) is 0 Å². The number of hydrogen-bond acceptors (Lipinski definition) is 6. The van der Waals surface area contributed by atoms with Crippen LogP contribution in [0.3, 0.4) is 0 Å². The summed E-state index contributed by atoms with van der Waals surface area (Å²) in [6.45, 7) is 13.1. The van der Waals surface area contributed by atoms with Crippen molar-refractivity contribution in [2.24, 2.45) is 0 Å². The summed E-state index contributed by atoms with van der Waals surface area (Å²) < 4.78 is 61.7. The van der Waals surface area contributed by atoms with Gasteiger partial charge in [0.25, 0.3) is 10.1 Å². The van der Waals surface area contributed by atoms with Gasteiger partial charge in [-0.1, -0.05) is 102 Å². The minimum Gasteiger partial charge on any atom is -0.496 e. The fraction of sp³-hybridized carbons (Fsp3) is 0.302. The minimum atomic E-state index is -4.67. The Morgan fingerprint density at radius 3 is 1.31 bits per heavy atom. The van der Waals surface area contributed by atoms with Crippen molar-refractivity contribution < 1.29 is 31.9 Å². The van der Waals surface area contributed by atoms with E-state index in [2.05, 4.69) is 53.7 Å². The summed E-state index contributed by atoms with van der Waals surface area (Å²) in [5.41, 5.74) is 6.44. The van der Waals surface area contributed by atoms with Crippen LogP contribution in [-0.2, 0) is 10.1 Å². The van der Waals surface area contributed by atoms with Crippen LogP contribution < -0.4 is 34.9 Å². The Balaban J connectivity index is 2.17. The molecular formula is C43H49O7PS. The Kier molecular flexibility index (Phi) is 12.0. The van der Waals surface area contributed by atoms with Gasteiger partial charge in [-0.05, 0) is 89.1 Å². The molecule has 5 aromatic rings. The zero-order chi connectivity index (χ0) is 37.9. The highest BCUT2D eigenvalue weighted by Crippen LogP contribution is 2.51. The van der Waals surface area contributed by atoms with Gasteiger partial charge in [-0.25, -0.2) is 0 Å². The lowest BCUT2D eigenvalue weighted by atomic mass is 9.89. The van der Waals surface area contributed by atoms with E-state index in [9.17, 15) is 13.0 Å². The third-order valence-electron chi connectivity index (χ3n) is 9.36. The molecule has 52 heavy (non-hydrogen) atoms. The van der Waals surface area contributed by atoms with E-state index >= 15 is 0 Å². The molecule has 0 fully saturated rings. The molecule has 274 valence electrons. The van der Waals surface area contributed by atoms with Crippen molar-refractivity contribution in [2.75, 3.05) is 28.4 Å². The maximum absolute atomic E-state index is 13.4. The summed E-state index contributed by atoms with van der Waals surface area (Å²) in [6, 6.07) is 28.7. The fourth-order valence-corrected chi connectivity index (χ4v) is 11.3. The SMILES string of the molecule is COc1cccc(OC)c1-c1cccc(-c2c(OC)cccc2OC)c1P(c1ccccc1S(=O)(=O)O)c1c(C(C)C)cc(C(C)C)cc1C(C)C. The van der Waals surface area contributed by atoms with E-state index < -0.39 is 18.0 Å². The normalized spacial score (nSPS) is 12.3. The van der Waals surface area contributed by atoms with Gasteiger partial charge in [0.2, 0.25) is 0 Å².